The van der Waals surface area contributed by atoms with Crippen molar-refractivity contribution in [2.45, 2.75) is 147 Å². The van der Waals surface area contributed by atoms with Crippen LogP contribution in [0.4, 0.5) is 34.1 Å². The highest BCUT2D eigenvalue weighted by Gasteiger charge is 2.58. The molecule has 0 N–H and O–H groups in total. The van der Waals surface area contributed by atoms with Crippen LogP contribution in [0, 0.1) is 11.8 Å². The van der Waals surface area contributed by atoms with Gasteiger partial charge in [-0.1, -0.05) is 153 Å². The maximum atomic E-state index is 7.08. The van der Waals surface area contributed by atoms with Crippen LogP contribution in [-0.4, -0.2) is 6.71 Å². The lowest BCUT2D eigenvalue weighted by Crippen LogP contribution is -2.60. The van der Waals surface area contributed by atoms with Gasteiger partial charge in [-0.3, -0.25) is 0 Å². The van der Waals surface area contributed by atoms with Crippen molar-refractivity contribution in [2.24, 2.45) is 11.8 Å². The predicted octanol–water partition coefficient (Wildman–Crippen LogP) is 17.7. The van der Waals surface area contributed by atoms with Crippen LogP contribution in [0.1, 0.15) is 158 Å². The highest BCUT2D eigenvalue weighted by molar-refractivity contribution is 7.33. The fourth-order valence-corrected chi connectivity index (χ4v) is 18.0. The molecule has 368 valence electrons. The van der Waals surface area contributed by atoms with Crippen LogP contribution in [0.3, 0.4) is 0 Å². The highest BCUT2D eigenvalue weighted by atomic mass is 32.1. The molecule has 1 spiro atoms. The second kappa shape index (κ2) is 15.1. The molecule has 2 aliphatic heterocycles. The number of nitrogens with zero attached hydrogens (tertiary/aromatic N) is 2. The van der Waals surface area contributed by atoms with Gasteiger partial charge in [-0.05, 0) is 177 Å². The third-order valence-corrected chi connectivity index (χ3v) is 21.7. The van der Waals surface area contributed by atoms with E-state index >= 15 is 0 Å². The average Bonchev–Trinajstić information content (AvgIpc) is 4.28. The van der Waals surface area contributed by atoms with Crippen molar-refractivity contribution >= 4 is 99.9 Å². The van der Waals surface area contributed by atoms with Crippen LogP contribution in [-0.2, 0) is 21.7 Å². The number of benzene rings is 7. The first kappa shape index (κ1) is 44.3. The van der Waals surface area contributed by atoms with Crippen LogP contribution in [0.5, 0.6) is 0 Å². The molecule has 74 heavy (non-hydrogen) atoms. The first-order valence-electron chi connectivity index (χ1n) is 28.5. The summed E-state index contributed by atoms with van der Waals surface area (Å²) in [5.74, 6) is 2.06. The lowest BCUT2D eigenvalue weighted by molar-refractivity contribution is 0.327. The van der Waals surface area contributed by atoms with E-state index in [0.29, 0.717) is 11.8 Å². The molecule has 5 aliphatic carbocycles. The normalized spacial score (nSPS) is 22.9. The second-order valence-electron chi connectivity index (χ2n) is 26.5. The maximum absolute atomic E-state index is 7.08. The predicted molar refractivity (Wildman–Crippen MR) is 315 cm³/mol. The van der Waals surface area contributed by atoms with Gasteiger partial charge in [0.25, 0.3) is 6.71 Å². The van der Waals surface area contributed by atoms with Gasteiger partial charge in [-0.15, -0.1) is 11.3 Å². The Labute approximate surface area is 442 Å². The number of para-hydroxylation sites is 2. The summed E-state index contributed by atoms with van der Waals surface area (Å²) in [5.41, 5.74) is 24.6. The number of hydrogen-bond acceptors (Lipinski definition) is 4. The maximum Gasteiger partial charge on any atom is 0.264 e. The zero-order valence-corrected chi connectivity index (χ0v) is 45.2. The van der Waals surface area contributed by atoms with E-state index in [1.165, 1.54) is 163 Å². The SMILES string of the molecule is CC(C)(C)c1cc2c3c(c1)N(c1cccc4c1oc1ccccc14)c1cc(C4CCCCC4)ccc1B3c1sc3cc4c(cc3c1N2c1cccc2c1-c1ccccc1C21CC2CCC1C2)C(C)(C)CCC4(C)C. The van der Waals surface area contributed by atoms with Crippen LogP contribution < -0.4 is 25.5 Å². The first-order valence-corrected chi connectivity index (χ1v) is 29.3. The summed E-state index contributed by atoms with van der Waals surface area (Å²) in [7, 11) is 0. The Morgan fingerprint density at radius 3 is 2.11 bits per heavy atom. The number of rotatable bonds is 3. The Morgan fingerprint density at radius 1 is 0.608 bits per heavy atom. The number of fused-ring (bicyclic) bond motifs is 18. The molecule has 2 aromatic heterocycles. The standard InChI is InChI=1S/C69H67BN2OS/c1-66(2,3)44-35-57-62-58(36-44)72(54-24-16-23-50-61(54)47-20-11-13-22-49(47)69(50)39-40-27-29-43(69)33-40)63-48-37-51-52(68(6,7)32-31-67(51,4)5)38-60(48)74-65(63)70(62)53-30-28-42(41-17-9-8-10-18-41)34-56(53)71(57)55-25-15-21-46-45-19-12-14-26-59(45)73-64(46)55/h11-16,19-26,28,30,34-38,40-41,43H,8-10,17-18,27,29,31-33,39H2,1-7H3. The summed E-state index contributed by atoms with van der Waals surface area (Å²) < 4.78 is 9.97. The fraction of sp³-hybridized carbons (Fsp3) is 0.362. The van der Waals surface area contributed by atoms with Crippen molar-refractivity contribution in [3.63, 3.8) is 0 Å². The minimum atomic E-state index is -0.141. The largest absolute Gasteiger partial charge is 0.454 e. The van der Waals surface area contributed by atoms with Gasteiger partial charge in [0.05, 0.1) is 17.1 Å². The first-order chi connectivity index (χ1) is 35.8. The number of hydrogen-bond donors (Lipinski definition) is 0. The Bertz CT molecular complexity index is 3890. The zero-order chi connectivity index (χ0) is 49.8. The molecule has 7 aromatic carbocycles. The molecule has 4 heterocycles. The Morgan fingerprint density at radius 2 is 1.32 bits per heavy atom. The molecule has 0 amide bonds. The van der Waals surface area contributed by atoms with Gasteiger partial charge in [-0.2, -0.15) is 0 Å². The van der Waals surface area contributed by atoms with Crippen molar-refractivity contribution in [3.8, 4) is 11.1 Å². The molecule has 7 aliphatic rings. The van der Waals surface area contributed by atoms with Crippen LogP contribution >= 0.6 is 11.3 Å². The quantitative estimate of drug-likeness (QED) is 0.165. The van der Waals surface area contributed by atoms with E-state index in [0.717, 1.165) is 22.8 Å². The van der Waals surface area contributed by atoms with Crippen molar-refractivity contribution in [2.75, 3.05) is 9.80 Å². The van der Waals surface area contributed by atoms with Crippen molar-refractivity contribution in [3.05, 3.63) is 161 Å². The number of anilines is 6. The van der Waals surface area contributed by atoms with E-state index in [2.05, 4.69) is 197 Å². The van der Waals surface area contributed by atoms with Gasteiger partial charge in [0.15, 0.2) is 5.58 Å². The molecule has 0 radical (unpaired) electrons. The smallest absolute Gasteiger partial charge is 0.264 e. The van der Waals surface area contributed by atoms with Gasteiger partial charge in [0, 0.05) is 53.7 Å². The van der Waals surface area contributed by atoms with Crippen molar-refractivity contribution in [1.82, 2.24) is 0 Å². The molecular formula is C69H67BN2OS. The molecule has 5 heteroatoms. The topological polar surface area (TPSA) is 19.6 Å². The van der Waals surface area contributed by atoms with Crippen LogP contribution in [0.25, 0.3) is 43.2 Å². The van der Waals surface area contributed by atoms with Crippen molar-refractivity contribution < 1.29 is 4.42 Å². The van der Waals surface area contributed by atoms with E-state index in [-0.39, 0.29) is 28.4 Å². The Balaban J connectivity index is 1.05. The Kier molecular flexibility index (Phi) is 9.03. The molecule has 2 bridgehead atoms. The van der Waals surface area contributed by atoms with E-state index in [1.807, 2.05) is 0 Å². The van der Waals surface area contributed by atoms with Gasteiger partial charge < -0.3 is 14.2 Å². The molecule has 3 nitrogen and oxygen atoms in total. The minimum absolute atomic E-state index is 0.0400. The van der Waals surface area contributed by atoms with E-state index < -0.39 is 0 Å². The average molecular weight is 983 g/mol. The van der Waals surface area contributed by atoms with Crippen LogP contribution in [0.15, 0.2) is 132 Å². The lowest BCUT2D eigenvalue weighted by atomic mass is 9.36. The molecule has 9 aromatic rings. The van der Waals surface area contributed by atoms with E-state index in [9.17, 15) is 0 Å². The molecule has 3 saturated carbocycles. The fourth-order valence-electron chi connectivity index (χ4n) is 16.7. The van der Waals surface area contributed by atoms with Gasteiger partial charge >= 0.3 is 0 Å². The lowest BCUT2D eigenvalue weighted by Gasteiger charge is -2.45. The minimum Gasteiger partial charge on any atom is -0.454 e. The number of thiophene rings is 1. The molecule has 0 saturated heterocycles. The Hall–Kier alpha value is -6.04. The molecule has 3 fully saturated rings. The van der Waals surface area contributed by atoms with Gasteiger partial charge in [0.1, 0.15) is 5.58 Å². The second-order valence-corrected chi connectivity index (χ2v) is 27.5. The molecule has 3 unspecified atom stereocenters. The summed E-state index contributed by atoms with van der Waals surface area (Å²) in [4.78, 5) is 5.52. The van der Waals surface area contributed by atoms with E-state index in [1.54, 1.807) is 16.7 Å². The third-order valence-electron chi connectivity index (χ3n) is 20.5. The van der Waals surface area contributed by atoms with Gasteiger partial charge in [-0.25, -0.2) is 0 Å². The summed E-state index contributed by atoms with van der Waals surface area (Å²) in [6.45, 7) is 17.3. The molecule has 16 rings (SSSR count). The third kappa shape index (κ3) is 5.86. The molecular weight excluding hydrogens is 916 g/mol. The van der Waals surface area contributed by atoms with Crippen molar-refractivity contribution in [1.29, 1.82) is 0 Å². The summed E-state index contributed by atoms with van der Waals surface area (Å²) >= 11 is 2.09. The summed E-state index contributed by atoms with van der Waals surface area (Å²) in [6, 6.07) is 51.0. The number of furan rings is 1. The van der Waals surface area contributed by atoms with Gasteiger partial charge in [0.2, 0.25) is 0 Å². The highest BCUT2D eigenvalue weighted by Crippen LogP contribution is 2.68. The monoisotopic (exact) mass is 983 g/mol. The van der Waals surface area contributed by atoms with Crippen LogP contribution in [0.2, 0.25) is 0 Å². The summed E-state index contributed by atoms with van der Waals surface area (Å²) in [6.07, 6.45) is 14.2. The molecule has 3 atom stereocenters. The summed E-state index contributed by atoms with van der Waals surface area (Å²) in [5, 5.41) is 3.75. The van der Waals surface area contributed by atoms with E-state index in [4.69, 9.17) is 4.42 Å². The zero-order valence-electron chi connectivity index (χ0n) is 44.4.